The maximum atomic E-state index is 10.6. The van der Waals surface area contributed by atoms with E-state index in [0.717, 1.165) is 6.42 Å². The zero-order valence-electron chi connectivity index (χ0n) is 9.60. The van der Waals surface area contributed by atoms with E-state index in [1.54, 1.807) is 5.01 Å². The minimum Gasteiger partial charge on any atom is -0.255 e. The van der Waals surface area contributed by atoms with E-state index in [9.17, 15) is 4.91 Å². The van der Waals surface area contributed by atoms with E-state index < -0.39 is 0 Å². The molecular weight excluding hydrogens is 188 g/mol. The highest BCUT2D eigenvalue weighted by Crippen LogP contribution is 2.14. The second-order valence-electron chi connectivity index (χ2n) is 4.61. The van der Waals surface area contributed by atoms with Gasteiger partial charge in [0, 0.05) is 6.54 Å². The smallest absolute Gasteiger partial charge is 0.0529 e. The molecule has 0 radical (unpaired) electrons. The molecular formula is C12H18N2O. The Bertz CT molecular complexity index is 303. The quantitative estimate of drug-likeness (QED) is 0.560. The molecule has 1 aromatic carbocycles. The zero-order chi connectivity index (χ0) is 11.3. The third kappa shape index (κ3) is 3.70. The molecule has 0 amide bonds. The van der Waals surface area contributed by atoms with Gasteiger partial charge in [0.1, 0.15) is 0 Å². The van der Waals surface area contributed by atoms with Gasteiger partial charge in [-0.05, 0) is 32.8 Å². The van der Waals surface area contributed by atoms with E-state index in [0.29, 0.717) is 6.54 Å². The lowest BCUT2D eigenvalue weighted by molar-refractivity contribution is 0.142. The first-order valence-corrected chi connectivity index (χ1v) is 5.19. The maximum absolute atomic E-state index is 10.6. The summed E-state index contributed by atoms with van der Waals surface area (Å²) in [7, 11) is 0. The number of benzene rings is 1. The van der Waals surface area contributed by atoms with Crippen LogP contribution in [-0.4, -0.2) is 17.1 Å². The summed E-state index contributed by atoms with van der Waals surface area (Å²) in [5, 5.41) is 4.64. The molecule has 0 aliphatic heterocycles. The van der Waals surface area contributed by atoms with Crippen LogP contribution in [0.25, 0.3) is 0 Å². The van der Waals surface area contributed by atoms with Crippen LogP contribution < -0.4 is 0 Å². The summed E-state index contributed by atoms with van der Waals surface area (Å²) >= 11 is 0. The van der Waals surface area contributed by atoms with Crippen molar-refractivity contribution in [3.05, 3.63) is 40.8 Å². The van der Waals surface area contributed by atoms with E-state index in [1.807, 2.05) is 39.0 Å². The van der Waals surface area contributed by atoms with Crippen LogP contribution in [0.4, 0.5) is 0 Å². The van der Waals surface area contributed by atoms with Crippen LogP contribution in [0.2, 0.25) is 0 Å². The van der Waals surface area contributed by atoms with Crippen molar-refractivity contribution < 1.29 is 0 Å². The van der Waals surface area contributed by atoms with Crippen molar-refractivity contribution in [2.45, 2.75) is 32.7 Å². The molecule has 0 heterocycles. The fourth-order valence-electron chi connectivity index (χ4n) is 1.38. The molecule has 0 aromatic heterocycles. The van der Waals surface area contributed by atoms with Crippen molar-refractivity contribution in [3.63, 3.8) is 0 Å². The van der Waals surface area contributed by atoms with Crippen molar-refractivity contribution in [1.29, 1.82) is 0 Å². The molecule has 0 fully saturated rings. The predicted octanol–water partition coefficient (Wildman–Crippen LogP) is 3.01. The highest BCUT2D eigenvalue weighted by atomic mass is 16.3. The number of nitrogens with zero attached hydrogens (tertiary/aromatic N) is 2. The van der Waals surface area contributed by atoms with Crippen molar-refractivity contribution in [2.24, 2.45) is 5.29 Å². The normalized spacial score (nSPS) is 11.1. The zero-order valence-corrected chi connectivity index (χ0v) is 9.60. The first-order valence-electron chi connectivity index (χ1n) is 5.19. The topological polar surface area (TPSA) is 32.7 Å². The highest BCUT2D eigenvalue weighted by Gasteiger charge is 2.20. The van der Waals surface area contributed by atoms with Gasteiger partial charge in [-0.1, -0.05) is 30.3 Å². The largest absolute Gasteiger partial charge is 0.255 e. The van der Waals surface area contributed by atoms with Crippen LogP contribution in [0, 0.1) is 4.91 Å². The van der Waals surface area contributed by atoms with Crippen molar-refractivity contribution >= 4 is 0 Å². The summed E-state index contributed by atoms with van der Waals surface area (Å²) in [6.45, 7) is 6.62. The molecule has 0 atom stereocenters. The average Bonchev–Trinajstić information content (AvgIpc) is 2.18. The minimum atomic E-state index is -0.198. The Morgan fingerprint density at radius 2 is 1.80 bits per heavy atom. The Kier molecular flexibility index (Phi) is 3.83. The first-order chi connectivity index (χ1) is 7.04. The second kappa shape index (κ2) is 4.91. The van der Waals surface area contributed by atoms with Gasteiger partial charge < -0.3 is 0 Å². The minimum absolute atomic E-state index is 0.198. The molecule has 3 nitrogen and oxygen atoms in total. The molecule has 0 unspecified atom stereocenters. The number of hydrogen-bond acceptors (Lipinski definition) is 2. The Morgan fingerprint density at radius 3 is 2.27 bits per heavy atom. The van der Waals surface area contributed by atoms with E-state index in [-0.39, 0.29) is 5.54 Å². The Morgan fingerprint density at radius 1 is 1.20 bits per heavy atom. The fraction of sp³-hybridized carbons (Fsp3) is 0.500. The lowest BCUT2D eigenvalue weighted by atomic mass is 10.1. The van der Waals surface area contributed by atoms with Crippen molar-refractivity contribution in [1.82, 2.24) is 5.01 Å². The predicted molar refractivity (Wildman–Crippen MR) is 62.4 cm³/mol. The molecule has 0 saturated heterocycles. The van der Waals surface area contributed by atoms with Crippen molar-refractivity contribution in [2.75, 3.05) is 6.54 Å². The summed E-state index contributed by atoms with van der Waals surface area (Å²) < 4.78 is 0. The van der Waals surface area contributed by atoms with Gasteiger partial charge in [-0.15, -0.1) is 4.91 Å². The van der Waals surface area contributed by atoms with Gasteiger partial charge in [0.25, 0.3) is 0 Å². The van der Waals surface area contributed by atoms with Crippen LogP contribution in [0.15, 0.2) is 35.6 Å². The molecule has 0 saturated carbocycles. The Hall–Kier alpha value is -1.38. The summed E-state index contributed by atoms with van der Waals surface area (Å²) in [5.74, 6) is 0. The molecule has 0 N–H and O–H groups in total. The Balaban J connectivity index is 2.52. The van der Waals surface area contributed by atoms with Crippen LogP contribution in [0.5, 0.6) is 0 Å². The lowest BCUT2D eigenvalue weighted by Crippen LogP contribution is -2.38. The lowest BCUT2D eigenvalue weighted by Gasteiger charge is -2.29. The van der Waals surface area contributed by atoms with Gasteiger partial charge in [-0.2, -0.15) is 0 Å². The summed E-state index contributed by atoms with van der Waals surface area (Å²) in [6, 6.07) is 10.1. The van der Waals surface area contributed by atoms with Crippen LogP contribution in [0.1, 0.15) is 26.3 Å². The van der Waals surface area contributed by atoms with Gasteiger partial charge in [0.2, 0.25) is 0 Å². The van der Waals surface area contributed by atoms with Crippen LogP contribution in [0.3, 0.4) is 0 Å². The van der Waals surface area contributed by atoms with Crippen LogP contribution in [-0.2, 0) is 6.42 Å². The first kappa shape index (κ1) is 11.7. The molecule has 0 bridgehead atoms. The number of nitroso groups, excluding NO2 is 1. The fourth-order valence-corrected chi connectivity index (χ4v) is 1.38. The summed E-state index contributed by atoms with van der Waals surface area (Å²) in [5.41, 5.74) is 1.03. The molecule has 3 heteroatoms. The van der Waals surface area contributed by atoms with Gasteiger partial charge in [0.05, 0.1) is 10.8 Å². The molecule has 15 heavy (non-hydrogen) atoms. The van der Waals surface area contributed by atoms with Crippen molar-refractivity contribution in [3.8, 4) is 0 Å². The SMILES string of the molecule is CC(C)(C)N(CCc1ccccc1)N=O. The van der Waals surface area contributed by atoms with Crippen LogP contribution >= 0.6 is 0 Å². The second-order valence-corrected chi connectivity index (χ2v) is 4.61. The third-order valence-electron chi connectivity index (χ3n) is 2.33. The third-order valence-corrected chi connectivity index (χ3v) is 2.33. The van der Waals surface area contributed by atoms with Gasteiger partial charge in [0.15, 0.2) is 0 Å². The molecule has 0 aliphatic carbocycles. The summed E-state index contributed by atoms with van der Waals surface area (Å²) in [6.07, 6.45) is 0.851. The van der Waals surface area contributed by atoms with E-state index >= 15 is 0 Å². The molecule has 0 spiro atoms. The highest BCUT2D eigenvalue weighted by molar-refractivity contribution is 5.14. The number of hydrogen-bond donors (Lipinski definition) is 0. The molecule has 82 valence electrons. The summed E-state index contributed by atoms with van der Waals surface area (Å²) in [4.78, 5) is 10.6. The van der Waals surface area contributed by atoms with Gasteiger partial charge >= 0.3 is 0 Å². The Labute approximate surface area is 91.0 Å². The van der Waals surface area contributed by atoms with E-state index in [4.69, 9.17) is 0 Å². The molecule has 1 aromatic rings. The maximum Gasteiger partial charge on any atom is 0.0529 e. The van der Waals surface area contributed by atoms with Gasteiger partial charge in [-0.25, -0.2) is 0 Å². The number of rotatable bonds is 4. The van der Waals surface area contributed by atoms with E-state index in [2.05, 4.69) is 17.4 Å². The standard InChI is InChI=1S/C12H18N2O/c1-12(2,3)14(13-15)10-9-11-7-5-4-6-8-11/h4-8H,9-10H2,1-3H3. The molecule has 1 rings (SSSR count). The molecule has 0 aliphatic rings. The van der Waals surface area contributed by atoms with Gasteiger partial charge in [-0.3, -0.25) is 5.01 Å². The monoisotopic (exact) mass is 206 g/mol. The average molecular weight is 206 g/mol. The van der Waals surface area contributed by atoms with E-state index in [1.165, 1.54) is 5.56 Å².